The van der Waals surface area contributed by atoms with Crippen molar-refractivity contribution in [2.24, 2.45) is 17.8 Å². The van der Waals surface area contributed by atoms with Gasteiger partial charge in [-0.2, -0.15) is 0 Å². The molecule has 2 aliphatic carbocycles. The Hall–Kier alpha value is -4.86. The van der Waals surface area contributed by atoms with Crippen molar-refractivity contribution in [2.75, 3.05) is 9.80 Å². The Bertz CT molecular complexity index is 2190. The van der Waals surface area contributed by atoms with Crippen molar-refractivity contribution in [3.8, 4) is 5.75 Å². The van der Waals surface area contributed by atoms with Gasteiger partial charge >= 0.3 is 0 Å². The Kier molecular flexibility index (Phi) is 6.94. The third-order valence-electron chi connectivity index (χ3n) is 10.7. The summed E-state index contributed by atoms with van der Waals surface area (Å²) < 4.78 is 13.9. The molecule has 0 bridgehead atoms. The summed E-state index contributed by atoms with van der Waals surface area (Å²) in [6.07, 6.45) is 1.67. The average Bonchev–Trinajstić information content (AvgIpc) is 3.43. The normalized spacial score (nSPS) is 29.2. The van der Waals surface area contributed by atoms with Gasteiger partial charge in [-0.15, -0.1) is 23.2 Å². The van der Waals surface area contributed by atoms with E-state index < -0.39 is 62.9 Å². The molecule has 8 nitrogen and oxygen atoms in total. The Balaban J connectivity index is 1.30. The molecular weight excluding hydrogens is 670 g/mol. The molecule has 49 heavy (non-hydrogen) atoms. The number of benzene rings is 4. The van der Waals surface area contributed by atoms with E-state index in [9.17, 15) is 33.5 Å². The van der Waals surface area contributed by atoms with Crippen LogP contribution in [0.2, 0.25) is 0 Å². The molecule has 4 aromatic carbocycles. The van der Waals surface area contributed by atoms with Gasteiger partial charge in [-0.05, 0) is 79.6 Å². The number of amides is 4. The molecule has 2 saturated heterocycles. The van der Waals surface area contributed by atoms with E-state index in [1.165, 1.54) is 19.1 Å². The maximum absolute atomic E-state index is 14.6. The molecule has 0 radical (unpaired) electrons. The summed E-state index contributed by atoms with van der Waals surface area (Å²) in [7, 11) is 0. The molecule has 4 amide bonds. The second-order valence-electron chi connectivity index (χ2n) is 13.1. The van der Waals surface area contributed by atoms with Gasteiger partial charge in [-0.25, -0.2) is 9.29 Å². The summed E-state index contributed by atoms with van der Waals surface area (Å²) in [4.78, 5) is 66.8. The van der Waals surface area contributed by atoms with Gasteiger partial charge in [0.25, 0.3) is 11.8 Å². The fourth-order valence-corrected chi connectivity index (χ4v) is 9.28. The molecule has 2 heterocycles. The standard InChI is InChI=1S/C38H27Cl2FN2O6/c1-19(44)20-6-11-23(12-7-20)42-33(46)27-17-16-26-29(30(27)34(42)47)18-37(39)35(48)43(24-13-9-22(41)10-14-24)36(49)38(37,40)31(26)28-15-8-21-4-2-3-5-25(21)32(28)45/h2-16,27,29-31,45H,17-18H2,1H3. The van der Waals surface area contributed by atoms with Gasteiger partial charge < -0.3 is 5.11 Å². The van der Waals surface area contributed by atoms with E-state index >= 15 is 0 Å². The summed E-state index contributed by atoms with van der Waals surface area (Å²) in [5.74, 6) is -7.28. The van der Waals surface area contributed by atoms with Crippen molar-refractivity contribution in [2.45, 2.75) is 35.4 Å². The van der Waals surface area contributed by atoms with Crippen LogP contribution >= 0.6 is 23.2 Å². The third-order valence-corrected chi connectivity index (χ3v) is 12.1. The van der Waals surface area contributed by atoms with Gasteiger partial charge in [0.1, 0.15) is 11.6 Å². The maximum atomic E-state index is 14.6. The number of Topliss-reactive ketones (excluding diaryl/α,β-unsaturated/α-hetero) is 1. The van der Waals surface area contributed by atoms with E-state index in [1.807, 2.05) is 12.1 Å². The minimum absolute atomic E-state index is 0.0643. The number of halogens is 3. The van der Waals surface area contributed by atoms with Gasteiger partial charge in [0.2, 0.25) is 11.8 Å². The number of carbonyl (C=O) groups is 5. The number of aromatic hydroxyl groups is 1. The Labute approximate surface area is 289 Å². The number of phenolic OH excluding ortho intramolecular Hbond substituents is 1. The van der Waals surface area contributed by atoms with E-state index in [4.69, 9.17) is 23.2 Å². The molecule has 3 fully saturated rings. The number of hydrogen-bond acceptors (Lipinski definition) is 6. The molecule has 0 aromatic heterocycles. The summed E-state index contributed by atoms with van der Waals surface area (Å²) in [5.41, 5.74) is 1.55. The first kappa shape index (κ1) is 31.4. The highest BCUT2D eigenvalue weighted by Crippen LogP contribution is 2.66. The number of anilines is 2. The lowest BCUT2D eigenvalue weighted by atomic mass is 9.56. The van der Waals surface area contributed by atoms with Crippen LogP contribution in [0.3, 0.4) is 0 Å². The van der Waals surface area contributed by atoms with Crippen molar-refractivity contribution in [1.29, 1.82) is 0 Å². The Morgan fingerprint density at radius 1 is 0.816 bits per heavy atom. The Morgan fingerprint density at radius 3 is 2.16 bits per heavy atom. The zero-order valence-electron chi connectivity index (χ0n) is 25.9. The van der Waals surface area contributed by atoms with Crippen LogP contribution in [0.25, 0.3) is 10.8 Å². The number of alkyl halides is 2. The van der Waals surface area contributed by atoms with Crippen molar-refractivity contribution in [1.82, 2.24) is 0 Å². The van der Waals surface area contributed by atoms with Crippen molar-refractivity contribution >= 4 is 74.8 Å². The number of nitrogens with zero attached hydrogens (tertiary/aromatic N) is 2. The first-order valence-corrected chi connectivity index (χ1v) is 16.6. The molecule has 0 spiro atoms. The van der Waals surface area contributed by atoms with E-state index in [2.05, 4.69) is 0 Å². The molecule has 1 N–H and O–H groups in total. The number of carbonyl (C=O) groups excluding carboxylic acids is 5. The van der Waals surface area contributed by atoms with Gasteiger partial charge in [-0.1, -0.05) is 48.0 Å². The molecule has 8 rings (SSSR count). The van der Waals surface area contributed by atoms with E-state index in [-0.39, 0.29) is 35.6 Å². The lowest BCUT2D eigenvalue weighted by Crippen LogP contribution is -2.60. The fourth-order valence-electron chi connectivity index (χ4n) is 8.35. The summed E-state index contributed by atoms with van der Waals surface area (Å²) in [6.45, 7) is 1.42. The number of allylic oxidation sites excluding steroid dienone is 2. The predicted molar refractivity (Wildman–Crippen MR) is 181 cm³/mol. The highest BCUT2D eigenvalue weighted by molar-refractivity contribution is 6.58. The first-order chi connectivity index (χ1) is 23.4. The topological polar surface area (TPSA) is 112 Å². The monoisotopic (exact) mass is 696 g/mol. The number of imide groups is 2. The number of fused-ring (bicyclic) bond motifs is 5. The van der Waals surface area contributed by atoms with Crippen LogP contribution in [0.1, 0.15) is 41.6 Å². The first-order valence-electron chi connectivity index (χ1n) is 15.8. The van der Waals surface area contributed by atoms with Crippen LogP contribution in [-0.4, -0.2) is 44.3 Å². The minimum atomic E-state index is -2.18. The smallest absolute Gasteiger partial charge is 0.258 e. The predicted octanol–water partition coefficient (Wildman–Crippen LogP) is 6.66. The van der Waals surface area contributed by atoms with E-state index in [0.717, 1.165) is 27.3 Å². The molecule has 1 saturated carbocycles. The Morgan fingerprint density at radius 2 is 1.47 bits per heavy atom. The fraction of sp³-hybridized carbons (Fsp3) is 0.237. The van der Waals surface area contributed by atoms with Gasteiger partial charge in [0, 0.05) is 22.4 Å². The largest absolute Gasteiger partial charge is 0.507 e. The molecule has 6 unspecified atom stereocenters. The molecule has 6 atom stereocenters. The van der Waals surface area contributed by atoms with Gasteiger partial charge in [0.05, 0.1) is 23.2 Å². The molecule has 4 aliphatic rings. The zero-order valence-corrected chi connectivity index (χ0v) is 27.4. The van der Waals surface area contributed by atoms with Crippen molar-refractivity contribution in [3.63, 3.8) is 0 Å². The second-order valence-corrected chi connectivity index (χ2v) is 14.3. The van der Waals surface area contributed by atoms with Gasteiger partial charge in [-0.3, -0.25) is 28.9 Å². The van der Waals surface area contributed by atoms with Crippen LogP contribution in [0, 0.1) is 23.6 Å². The molecule has 4 aromatic rings. The van der Waals surface area contributed by atoms with Crippen LogP contribution in [0.5, 0.6) is 5.75 Å². The highest BCUT2D eigenvalue weighted by atomic mass is 35.5. The summed E-state index contributed by atoms with van der Waals surface area (Å²) in [6, 6.07) is 21.5. The van der Waals surface area contributed by atoms with Crippen LogP contribution in [0.15, 0.2) is 96.6 Å². The third kappa shape index (κ3) is 4.18. The average molecular weight is 698 g/mol. The van der Waals surface area contributed by atoms with Crippen LogP contribution in [-0.2, 0) is 19.2 Å². The second kappa shape index (κ2) is 10.8. The lowest BCUT2D eigenvalue weighted by molar-refractivity contribution is -0.125. The maximum Gasteiger partial charge on any atom is 0.258 e. The highest BCUT2D eigenvalue weighted by Gasteiger charge is 2.77. The van der Waals surface area contributed by atoms with Crippen LogP contribution in [0.4, 0.5) is 15.8 Å². The zero-order chi connectivity index (χ0) is 34.6. The molecular formula is C38H27Cl2FN2O6. The SMILES string of the molecule is CC(=O)c1ccc(N2C(=O)C3CC=C4C(CC5(Cl)C(=O)N(c6ccc(F)cc6)C(=O)C5(Cl)C4c4ccc5ccccc5c4O)C3C2=O)cc1. The number of rotatable bonds is 4. The van der Waals surface area contributed by atoms with Crippen LogP contribution < -0.4 is 9.80 Å². The quantitative estimate of drug-likeness (QED) is 0.111. The number of ketones is 1. The minimum Gasteiger partial charge on any atom is -0.507 e. The summed E-state index contributed by atoms with van der Waals surface area (Å²) in [5, 5.41) is 13.0. The number of phenols is 1. The molecule has 11 heteroatoms. The molecule has 2 aliphatic heterocycles. The lowest BCUT2D eigenvalue weighted by Gasteiger charge is -2.50. The molecule has 246 valence electrons. The van der Waals surface area contributed by atoms with E-state index in [0.29, 0.717) is 22.2 Å². The summed E-state index contributed by atoms with van der Waals surface area (Å²) >= 11 is 14.9. The van der Waals surface area contributed by atoms with Crippen molar-refractivity contribution < 1.29 is 33.5 Å². The van der Waals surface area contributed by atoms with Crippen molar-refractivity contribution in [3.05, 3.63) is 114 Å². The number of hydrogen-bond donors (Lipinski definition) is 1. The van der Waals surface area contributed by atoms with E-state index in [1.54, 1.807) is 54.6 Å². The van der Waals surface area contributed by atoms with Gasteiger partial charge in [0.15, 0.2) is 15.5 Å².